The van der Waals surface area contributed by atoms with Crippen molar-refractivity contribution >= 4 is 33.9 Å². The van der Waals surface area contributed by atoms with E-state index in [2.05, 4.69) is 5.32 Å². The number of rotatable bonds is 12. The van der Waals surface area contributed by atoms with Crippen LogP contribution in [-0.2, 0) is 57.7 Å². The molecule has 41 heavy (non-hydrogen) atoms. The Morgan fingerprint density at radius 1 is 0.927 bits per heavy atom. The van der Waals surface area contributed by atoms with E-state index in [0.717, 1.165) is 5.56 Å². The SMILES string of the molecule is CC(=O)N[C@H]1[C@H](OCCOCCN)O[C@H](COC(C)=O)[C@H](OC(C)=O)[C@@H]1OC(C)=O.Cc1ccc(S(=O)(=O)O)cc1. The van der Waals surface area contributed by atoms with Crippen molar-refractivity contribution < 1.29 is 60.6 Å². The van der Waals surface area contributed by atoms with E-state index in [1.807, 2.05) is 6.92 Å². The molecule has 0 aliphatic carbocycles. The van der Waals surface area contributed by atoms with E-state index in [0.29, 0.717) is 13.2 Å². The van der Waals surface area contributed by atoms with E-state index >= 15 is 0 Å². The molecule has 15 nitrogen and oxygen atoms in total. The third-order valence-corrected chi connectivity index (χ3v) is 6.03. The quantitative estimate of drug-likeness (QED) is 0.122. The number of ether oxygens (including phenoxy) is 6. The van der Waals surface area contributed by atoms with Gasteiger partial charge in [-0.3, -0.25) is 23.7 Å². The van der Waals surface area contributed by atoms with Crippen LogP contribution in [0.5, 0.6) is 0 Å². The third-order valence-electron chi connectivity index (χ3n) is 5.16. The molecule has 1 heterocycles. The van der Waals surface area contributed by atoms with E-state index in [9.17, 15) is 27.6 Å². The van der Waals surface area contributed by atoms with Crippen molar-refractivity contribution in [3.8, 4) is 0 Å². The second-order valence-corrected chi connectivity index (χ2v) is 10.2. The first-order valence-electron chi connectivity index (χ1n) is 12.5. The number of benzene rings is 1. The fraction of sp³-hybridized carbons (Fsp3) is 0.600. The lowest BCUT2D eigenvalue weighted by molar-refractivity contribution is -0.279. The topological polar surface area (TPSA) is 216 Å². The highest BCUT2D eigenvalue weighted by molar-refractivity contribution is 7.85. The van der Waals surface area contributed by atoms with E-state index < -0.39 is 64.6 Å². The number of nitrogens with one attached hydrogen (secondary N) is 1. The highest BCUT2D eigenvalue weighted by atomic mass is 32.2. The van der Waals surface area contributed by atoms with Gasteiger partial charge in [-0.15, -0.1) is 0 Å². The molecule has 5 atom stereocenters. The van der Waals surface area contributed by atoms with Gasteiger partial charge in [0, 0.05) is 34.2 Å². The van der Waals surface area contributed by atoms with Crippen LogP contribution in [0.4, 0.5) is 0 Å². The maximum absolute atomic E-state index is 11.8. The van der Waals surface area contributed by atoms with Gasteiger partial charge in [0.1, 0.15) is 18.8 Å². The molecule has 0 aromatic heterocycles. The molecular formula is C25H38N2O13S. The second-order valence-electron chi connectivity index (χ2n) is 8.78. The van der Waals surface area contributed by atoms with Gasteiger partial charge in [0.15, 0.2) is 18.5 Å². The Hall–Kier alpha value is -3.15. The Morgan fingerprint density at radius 2 is 1.51 bits per heavy atom. The van der Waals surface area contributed by atoms with Crippen LogP contribution in [0.3, 0.4) is 0 Å². The molecule has 1 aliphatic heterocycles. The van der Waals surface area contributed by atoms with Gasteiger partial charge in [0.05, 0.1) is 24.7 Å². The standard InChI is InChI=1S/C18H30N2O10.C7H8O3S/c1-10(21)20-15-17(29-13(4)24)16(28-12(3)23)14(9-27-11(2)22)30-18(15)26-8-7-25-6-5-19;1-6-2-4-7(5-3-6)11(8,9)10/h14-18H,5-9,19H2,1-4H3,(H,20,21);2-5H,1H3,(H,8,9,10)/t14-,15-,16+,17-,18-;/m1./s1. The predicted octanol–water partition coefficient (Wildman–Crippen LogP) is -0.124. The molecule has 2 rings (SSSR count). The minimum Gasteiger partial charge on any atom is -0.463 e. The first-order chi connectivity index (χ1) is 19.1. The fourth-order valence-corrected chi connectivity index (χ4v) is 4.03. The average molecular weight is 607 g/mol. The Balaban J connectivity index is 0.000000634. The molecule has 1 fully saturated rings. The van der Waals surface area contributed by atoms with Crippen LogP contribution in [0, 0.1) is 6.92 Å². The summed E-state index contributed by atoms with van der Waals surface area (Å²) in [6.45, 7) is 7.31. The lowest BCUT2D eigenvalue weighted by atomic mass is 9.96. The molecule has 1 aliphatic rings. The van der Waals surface area contributed by atoms with Crippen molar-refractivity contribution in [3.63, 3.8) is 0 Å². The molecule has 1 saturated heterocycles. The zero-order valence-corrected chi connectivity index (χ0v) is 24.4. The maximum Gasteiger partial charge on any atom is 0.303 e. The van der Waals surface area contributed by atoms with E-state index in [1.165, 1.54) is 39.8 Å². The van der Waals surface area contributed by atoms with Crippen LogP contribution in [0.1, 0.15) is 33.3 Å². The summed E-state index contributed by atoms with van der Waals surface area (Å²) in [4.78, 5) is 46.3. The molecule has 0 radical (unpaired) electrons. The zero-order chi connectivity index (χ0) is 31.2. The fourth-order valence-electron chi connectivity index (χ4n) is 3.55. The van der Waals surface area contributed by atoms with Crippen molar-refractivity contribution in [2.24, 2.45) is 5.73 Å². The Bertz CT molecular complexity index is 1110. The number of esters is 3. The summed E-state index contributed by atoms with van der Waals surface area (Å²) in [5, 5.41) is 2.60. The van der Waals surface area contributed by atoms with Gasteiger partial charge in [0.25, 0.3) is 10.1 Å². The average Bonchev–Trinajstić information content (AvgIpc) is 2.85. The van der Waals surface area contributed by atoms with Crippen molar-refractivity contribution in [1.82, 2.24) is 5.32 Å². The molecule has 1 amide bonds. The van der Waals surface area contributed by atoms with Gasteiger partial charge in [-0.25, -0.2) is 0 Å². The highest BCUT2D eigenvalue weighted by Crippen LogP contribution is 2.28. The minimum absolute atomic E-state index is 0.0666. The normalized spacial score (nSPS) is 22.0. The molecule has 1 aromatic rings. The van der Waals surface area contributed by atoms with Crippen molar-refractivity contribution in [2.75, 3.05) is 33.0 Å². The van der Waals surface area contributed by atoms with Crippen molar-refractivity contribution in [1.29, 1.82) is 0 Å². The van der Waals surface area contributed by atoms with Gasteiger partial charge in [0.2, 0.25) is 5.91 Å². The molecule has 4 N–H and O–H groups in total. The van der Waals surface area contributed by atoms with E-state index in [-0.39, 0.29) is 24.7 Å². The van der Waals surface area contributed by atoms with E-state index in [1.54, 1.807) is 12.1 Å². The van der Waals surface area contributed by atoms with Gasteiger partial charge in [-0.2, -0.15) is 8.42 Å². The van der Waals surface area contributed by atoms with E-state index in [4.69, 9.17) is 38.7 Å². The van der Waals surface area contributed by atoms with Gasteiger partial charge in [-0.1, -0.05) is 17.7 Å². The van der Waals surface area contributed by atoms with Crippen LogP contribution in [0.2, 0.25) is 0 Å². The van der Waals surface area contributed by atoms with Crippen LogP contribution in [0.25, 0.3) is 0 Å². The van der Waals surface area contributed by atoms with Gasteiger partial charge >= 0.3 is 17.9 Å². The molecule has 16 heteroatoms. The summed E-state index contributed by atoms with van der Waals surface area (Å²) in [6, 6.07) is 4.99. The zero-order valence-electron chi connectivity index (χ0n) is 23.6. The summed E-state index contributed by atoms with van der Waals surface area (Å²) in [5.74, 6) is -2.38. The molecule has 232 valence electrons. The lowest BCUT2D eigenvalue weighted by Crippen LogP contribution is -2.66. The van der Waals surface area contributed by atoms with Crippen LogP contribution in [-0.4, -0.2) is 100 Å². The first kappa shape index (κ1) is 35.9. The van der Waals surface area contributed by atoms with Gasteiger partial charge in [-0.05, 0) is 19.1 Å². The van der Waals surface area contributed by atoms with Crippen LogP contribution in [0.15, 0.2) is 29.2 Å². The molecule has 1 aromatic carbocycles. The Labute approximate surface area is 238 Å². The smallest absolute Gasteiger partial charge is 0.303 e. The summed E-state index contributed by atoms with van der Waals surface area (Å²) in [5.41, 5.74) is 6.31. The molecule has 0 saturated carbocycles. The Kier molecular flexibility index (Phi) is 15.4. The number of carbonyl (C=O) groups is 4. The van der Waals surface area contributed by atoms with Crippen LogP contribution < -0.4 is 11.1 Å². The minimum atomic E-state index is -4.02. The third kappa shape index (κ3) is 13.8. The molecule has 0 unspecified atom stereocenters. The molecule has 0 spiro atoms. The largest absolute Gasteiger partial charge is 0.463 e. The molecular weight excluding hydrogens is 568 g/mol. The summed E-state index contributed by atoms with van der Waals surface area (Å²) in [7, 11) is -4.02. The number of aryl methyl sites for hydroxylation is 1. The monoisotopic (exact) mass is 606 g/mol. The Morgan fingerprint density at radius 3 is 2.00 bits per heavy atom. The number of hydrogen-bond acceptors (Lipinski definition) is 13. The number of carbonyl (C=O) groups excluding carboxylic acids is 4. The van der Waals surface area contributed by atoms with Crippen LogP contribution >= 0.6 is 0 Å². The van der Waals surface area contributed by atoms with Gasteiger partial charge < -0.3 is 39.5 Å². The summed E-state index contributed by atoms with van der Waals surface area (Å²) in [6.07, 6.45) is -4.43. The number of nitrogens with two attached hydrogens (primary N) is 1. The summed E-state index contributed by atoms with van der Waals surface area (Å²) < 4.78 is 61.9. The lowest BCUT2D eigenvalue weighted by Gasteiger charge is -2.44. The maximum atomic E-state index is 11.8. The van der Waals surface area contributed by atoms with Crippen molar-refractivity contribution in [2.45, 2.75) is 70.2 Å². The predicted molar refractivity (Wildman–Crippen MR) is 141 cm³/mol. The molecule has 0 bridgehead atoms. The number of hydrogen-bond donors (Lipinski definition) is 3. The number of amides is 1. The van der Waals surface area contributed by atoms with Crippen molar-refractivity contribution in [3.05, 3.63) is 29.8 Å². The second kappa shape index (κ2) is 17.6. The summed E-state index contributed by atoms with van der Waals surface area (Å²) >= 11 is 0. The first-order valence-corrected chi connectivity index (χ1v) is 13.9. The highest BCUT2D eigenvalue weighted by Gasteiger charge is 2.51.